The third-order valence-corrected chi connectivity index (χ3v) is 2.86. The maximum atomic E-state index is 10.9. The number of benzene rings is 1. The van der Waals surface area contributed by atoms with Crippen LogP contribution in [-0.2, 0) is 9.59 Å². The SMILES string of the molecule is CCCCC/C(=C/C(=O)O)Nc1ccc(NC(C)=O)cc1. The van der Waals surface area contributed by atoms with Crippen LogP contribution in [0.3, 0.4) is 0 Å². The summed E-state index contributed by atoms with van der Waals surface area (Å²) in [4.78, 5) is 21.8. The van der Waals surface area contributed by atoms with E-state index in [0.29, 0.717) is 17.8 Å². The van der Waals surface area contributed by atoms with E-state index < -0.39 is 5.97 Å². The topological polar surface area (TPSA) is 78.4 Å². The molecule has 21 heavy (non-hydrogen) atoms. The van der Waals surface area contributed by atoms with E-state index in [0.717, 1.165) is 24.9 Å². The molecule has 0 heterocycles. The molecule has 0 aliphatic carbocycles. The Bertz CT molecular complexity index is 507. The number of amides is 1. The van der Waals surface area contributed by atoms with Crippen molar-refractivity contribution in [3.8, 4) is 0 Å². The van der Waals surface area contributed by atoms with E-state index in [4.69, 9.17) is 5.11 Å². The van der Waals surface area contributed by atoms with Crippen LogP contribution in [0.4, 0.5) is 11.4 Å². The highest BCUT2D eigenvalue weighted by Gasteiger charge is 2.03. The lowest BCUT2D eigenvalue weighted by molar-refractivity contribution is -0.131. The average Bonchev–Trinajstić information content (AvgIpc) is 2.40. The number of rotatable bonds is 8. The number of carbonyl (C=O) groups excluding carboxylic acids is 1. The third kappa shape index (κ3) is 7.15. The van der Waals surface area contributed by atoms with Crippen LogP contribution in [0.2, 0.25) is 0 Å². The van der Waals surface area contributed by atoms with Crippen molar-refractivity contribution in [2.45, 2.75) is 39.5 Å². The molecule has 0 bridgehead atoms. The van der Waals surface area contributed by atoms with Crippen molar-refractivity contribution in [2.75, 3.05) is 10.6 Å². The van der Waals surface area contributed by atoms with E-state index in [1.807, 2.05) is 0 Å². The lowest BCUT2D eigenvalue weighted by Gasteiger charge is -2.11. The number of carboxylic acids is 1. The number of aliphatic carboxylic acids is 1. The zero-order valence-corrected chi connectivity index (χ0v) is 12.5. The molecule has 5 heteroatoms. The number of unbranched alkanes of at least 4 members (excludes halogenated alkanes) is 2. The van der Waals surface area contributed by atoms with E-state index >= 15 is 0 Å². The van der Waals surface area contributed by atoms with Crippen molar-refractivity contribution in [1.29, 1.82) is 0 Å². The Balaban J connectivity index is 2.69. The summed E-state index contributed by atoms with van der Waals surface area (Å²) in [6, 6.07) is 7.16. The predicted octanol–water partition coefficient (Wildman–Crippen LogP) is 3.61. The maximum absolute atomic E-state index is 10.9. The summed E-state index contributed by atoms with van der Waals surface area (Å²) in [5.41, 5.74) is 2.19. The van der Waals surface area contributed by atoms with Gasteiger partial charge in [0, 0.05) is 30.1 Å². The van der Waals surface area contributed by atoms with Crippen molar-refractivity contribution in [2.24, 2.45) is 0 Å². The lowest BCUT2D eigenvalue weighted by Crippen LogP contribution is -2.06. The Morgan fingerprint density at radius 3 is 2.14 bits per heavy atom. The van der Waals surface area contributed by atoms with Gasteiger partial charge in [0.05, 0.1) is 0 Å². The monoisotopic (exact) mass is 290 g/mol. The zero-order chi connectivity index (χ0) is 15.7. The molecule has 1 amide bonds. The number of anilines is 2. The van der Waals surface area contributed by atoms with Gasteiger partial charge < -0.3 is 15.7 Å². The average molecular weight is 290 g/mol. The van der Waals surface area contributed by atoms with Crippen LogP contribution in [0.5, 0.6) is 0 Å². The molecule has 1 rings (SSSR count). The predicted molar refractivity (Wildman–Crippen MR) is 84.2 cm³/mol. The fourth-order valence-corrected chi connectivity index (χ4v) is 1.91. The molecule has 1 aromatic carbocycles. The summed E-state index contributed by atoms with van der Waals surface area (Å²) in [5, 5.41) is 14.7. The first-order chi connectivity index (χ1) is 10.0. The van der Waals surface area contributed by atoms with Gasteiger partial charge in [-0.05, 0) is 37.1 Å². The van der Waals surface area contributed by atoms with Gasteiger partial charge in [-0.1, -0.05) is 19.8 Å². The molecule has 0 radical (unpaired) electrons. The number of allylic oxidation sites excluding steroid dienone is 1. The van der Waals surface area contributed by atoms with Gasteiger partial charge >= 0.3 is 5.97 Å². The lowest BCUT2D eigenvalue weighted by atomic mass is 10.1. The fraction of sp³-hybridized carbons (Fsp3) is 0.375. The third-order valence-electron chi connectivity index (χ3n) is 2.86. The molecule has 0 aromatic heterocycles. The van der Waals surface area contributed by atoms with Crippen molar-refractivity contribution in [3.05, 3.63) is 36.0 Å². The second-order valence-corrected chi connectivity index (χ2v) is 4.85. The summed E-state index contributed by atoms with van der Waals surface area (Å²) in [6.45, 7) is 3.56. The molecular weight excluding hydrogens is 268 g/mol. The van der Waals surface area contributed by atoms with E-state index in [9.17, 15) is 9.59 Å². The maximum Gasteiger partial charge on any atom is 0.330 e. The largest absolute Gasteiger partial charge is 0.478 e. The highest BCUT2D eigenvalue weighted by molar-refractivity contribution is 5.88. The first kappa shape index (κ1) is 16.8. The molecule has 0 fully saturated rings. The number of carboxylic acid groups (broad SMARTS) is 1. The second kappa shape index (κ2) is 8.79. The first-order valence-electron chi connectivity index (χ1n) is 7.09. The summed E-state index contributed by atoms with van der Waals surface area (Å²) in [5.74, 6) is -1.08. The molecule has 114 valence electrons. The van der Waals surface area contributed by atoms with Crippen LogP contribution in [-0.4, -0.2) is 17.0 Å². The van der Waals surface area contributed by atoms with Crippen LogP contribution in [0.15, 0.2) is 36.0 Å². The standard InChI is InChI=1S/C16H22N2O3/c1-3-4-5-6-15(11-16(20)21)18-14-9-7-13(8-10-14)17-12(2)19/h7-11,18H,3-6H2,1-2H3,(H,17,19)(H,20,21)/b15-11-. The number of nitrogens with one attached hydrogen (secondary N) is 2. The Labute approximate surface area is 125 Å². The second-order valence-electron chi connectivity index (χ2n) is 4.85. The van der Waals surface area contributed by atoms with Crippen LogP contribution in [0.25, 0.3) is 0 Å². The molecule has 0 saturated carbocycles. The Kier molecular flexibility index (Phi) is 7.01. The van der Waals surface area contributed by atoms with E-state index in [1.165, 1.54) is 13.0 Å². The van der Waals surface area contributed by atoms with E-state index in [2.05, 4.69) is 17.6 Å². The van der Waals surface area contributed by atoms with Crippen molar-refractivity contribution >= 4 is 23.3 Å². The summed E-state index contributed by atoms with van der Waals surface area (Å²) < 4.78 is 0. The molecule has 0 saturated heterocycles. The van der Waals surface area contributed by atoms with Gasteiger partial charge in [-0.2, -0.15) is 0 Å². The molecule has 0 aliphatic heterocycles. The van der Waals surface area contributed by atoms with Crippen LogP contribution in [0.1, 0.15) is 39.5 Å². The fourth-order valence-electron chi connectivity index (χ4n) is 1.91. The van der Waals surface area contributed by atoms with Gasteiger partial charge in [0.1, 0.15) is 0 Å². The Hall–Kier alpha value is -2.30. The molecule has 5 nitrogen and oxygen atoms in total. The molecule has 0 spiro atoms. The molecule has 1 aromatic rings. The quantitative estimate of drug-likeness (QED) is 0.505. The molecule has 0 unspecified atom stereocenters. The normalized spacial score (nSPS) is 11.0. The van der Waals surface area contributed by atoms with Crippen molar-refractivity contribution in [1.82, 2.24) is 0 Å². The number of hydrogen-bond donors (Lipinski definition) is 3. The Morgan fingerprint density at radius 2 is 1.67 bits per heavy atom. The molecule has 3 N–H and O–H groups in total. The van der Waals surface area contributed by atoms with Crippen molar-refractivity contribution in [3.63, 3.8) is 0 Å². The highest BCUT2D eigenvalue weighted by atomic mass is 16.4. The van der Waals surface area contributed by atoms with Gasteiger partial charge in [-0.25, -0.2) is 4.79 Å². The summed E-state index contributed by atoms with van der Waals surface area (Å²) >= 11 is 0. The first-order valence-corrected chi connectivity index (χ1v) is 7.09. The van der Waals surface area contributed by atoms with Gasteiger partial charge in [-0.15, -0.1) is 0 Å². The Morgan fingerprint density at radius 1 is 1.10 bits per heavy atom. The van der Waals surface area contributed by atoms with Crippen LogP contribution < -0.4 is 10.6 Å². The molecule has 0 atom stereocenters. The minimum Gasteiger partial charge on any atom is -0.478 e. The summed E-state index contributed by atoms with van der Waals surface area (Å²) in [7, 11) is 0. The number of carbonyl (C=O) groups is 2. The van der Waals surface area contributed by atoms with Gasteiger partial charge in [-0.3, -0.25) is 4.79 Å². The minimum absolute atomic E-state index is 0.123. The zero-order valence-electron chi connectivity index (χ0n) is 12.5. The van der Waals surface area contributed by atoms with E-state index in [-0.39, 0.29) is 5.91 Å². The van der Waals surface area contributed by atoms with Gasteiger partial charge in [0.2, 0.25) is 5.91 Å². The molecular formula is C16H22N2O3. The number of hydrogen-bond acceptors (Lipinski definition) is 3. The minimum atomic E-state index is -0.955. The summed E-state index contributed by atoms with van der Waals surface area (Å²) in [6.07, 6.45) is 5.02. The van der Waals surface area contributed by atoms with E-state index in [1.54, 1.807) is 24.3 Å². The smallest absolute Gasteiger partial charge is 0.330 e. The van der Waals surface area contributed by atoms with Gasteiger partial charge in [0.15, 0.2) is 0 Å². The van der Waals surface area contributed by atoms with Crippen LogP contribution >= 0.6 is 0 Å². The molecule has 0 aliphatic rings. The highest BCUT2D eigenvalue weighted by Crippen LogP contribution is 2.18. The van der Waals surface area contributed by atoms with Crippen LogP contribution in [0, 0.1) is 0 Å². The van der Waals surface area contributed by atoms with Gasteiger partial charge in [0.25, 0.3) is 0 Å². The van der Waals surface area contributed by atoms with Crippen molar-refractivity contribution < 1.29 is 14.7 Å².